The van der Waals surface area contributed by atoms with Gasteiger partial charge in [0, 0.05) is 18.7 Å². The molecule has 0 unspecified atom stereocenters. The highest BCUT2D eigenvalue weighted by Crippen LogP contribution is 2.34. The lowest BCUT2D eigenvalue weighted by atomic mass is 10.1. The number of aromatic nitrogens is 2. The molecule has 2 aromatic carbocycles. The molecule has 158 valence electrons. The van der Waals surface area contributed by atoms with Crippen molar-refractivity contribution in [3.63, 3.8) is 0 Å². The molecule has 0 atom stereocenters. The topological polar surface area (TPSA) is 68.5 Å². The molecule has 4 rings (SSSR count). The second kappa shape index (κ2) is 8.18. The molecule has 31 heavy (non-hydrogen) atoms. The van der Waals surface area contributed by atoms with E-state index in [4.69, 9.17) is 19.1 Å². The maximum Gasteiger partial charge on any atom is 0.340 e. The molecule has 7 heteroatoms. The third-order valence-electron chi connectivity index (χ3n) is 5.16. The number of benzene rings is 2. The predicted molar refractivity (Wildman–Crippen MR) is 118 cm³/mol. The van der Waals surface area contributed by atoms with Gasteiger partial charge < -0.3 is 14.1 Å². The molecule has 0 saturated heterocycles. The lowest BCUT2D eigenvalue weighted by Crippen LogP contribution is -2.27. The van der Waals surface area contributed by atoms with E-state index in [1.165, 1.54) is 19.2 Å². The van der Waals surface area contributed by atoms with Crippen LogP contribution in [-0.2, 0) is 4.74 Å². The number of ether oxygens (including phenoxy) is 1. The number of hydrogen-bond donors (Lipinski definition) is 0. The molecule has 0 aliphatic rings. The Kier molecular flexibility index (Phi) is 5.42. The van der Waals surface area contributed by atoms with E-state index in [-0.39, 0.29) is 11.9 Å². The number of halogens is 1. The number of carbonyl (C=O) groups is 1. The summed E-state index contributed by atoms with van der Waals surface area (Å²) in [6, 6.07) is 15.1. The van der Waals surface area contributed by atoms with Crippen LogP contribution < -0.4 is 4.90 Å². The van der Waals surface area contributed by atoms with Crippen LogP contribution in [0.2, 0.25) is 0 Å². The molecule has 2 heterocycles. The molecule has 4 aromatic rings. The highest BCUT2D eigenvalue weighted by molar-refractivity contribution is 6.02. The summed E-state index contributed by atoms with van der Waals surface area (Å²) in [5, 5.41) is 0. The molecule has 0 aliphatic carbocycles. The summed E-state index contributed by atoms with van der Waals surface area (Å²) in [6.07, 6.45) is 0. The van der Waals surface area contributed by atoms with E-state index >= 15 is 0 Å². The largest absolute Gasteiger partial charge is 0.465 e. The van der Waals surface area contributed by atoms with Crippen LogP contribution in [0.5, 0.6) is 0 Å². The zero-order valence-electron chi connectivity index (χ0n) is 17.7. The molecule has 0 bridgehead atoms. The van der Waals surface area contributed by atoms with Gasteiger partial charge in [-0.3, -0.25) is 0 Å². The molecule has 2 aromatic heterocycles. The minimum Gasteiger partial charge on any atom is -0.465 e. The quantitative estimate of drug-likeness (QED) is 0.408. The van der Waals surface area contributed by atoms with Gasteiger partial charge in [0.15, 0.2) is 11.6 Å². The van der Waals surface area contributed by atoms with Crippen molar-refractivity contribution in [3.8, 4) is 22.8 Å². The number of anilines is 1. The van der Waals surface area contributed by atoms with E-state index in [1.807, 2.05) is 37.9 Å². The molecular weight excluding hydrogens is 397 g/mol. The number of carbonyl (C=O) groups excluding carboxylic acids is 1. The van der Waals surface area contributed by atoms with Crippen LogP contribution >= 0.6 is 0 Å². The second-order valence-corrected chi connectivity index (χ2v) is 7.44. The van der Waals surface area contributed by atoms with E-state index in [0.29, 0.717) is 39.6 Å². The van der Waals surface area contributed by atoms with Crippen LogP contribution in [0.1, 0.15) is 24.2 Å². The van der Waals surface area contributed by atoms with Crippen molar-refractivity contribution in [2.75, 3.05) is 19.1 Å². The lowest BCUT2D eigenvalue weighted by molar-refractivity contribution is 0.0602. The normalized spacial score (nSPS) is 11.2. The average molecular weight is 419 g/mol. The number of rotatable bonds is 5. The van der Waals surface area contributed by atoms with Crippen molar-refractivity contribution in [2.45, 2.75) is 19.9 Å². The van der Waals surface area contributed by atoms with Crippen LogP contribution in [0.15, 0.2) is 59.0 Å². The van der Waals surface area contributed by atoms with Crippen molar-refractivity contribution >= 4 is 22.8 Å². The Bertz CT molecular complexity index is 1250. The monoisotopic (exact) mass is 419 g/mol. The summed E-state index contributed by atoms with van der Waals surface area (Å²) in [4.78, 5) is 23.8. The molecule has 0 fully saturated rings. The van der Waals surface area contributed by atoms with E-state index in [0.717, 1.165) is 5.56 Å². The number of esters is 1. The predicted octanol–water partition coefficient (Wildman–Crippen LogP) is 5.33. The van der Waals surface area contributed by atoms with E-state index < -0.39 is 5.97 Å². The molecule has 6 nitrogen and oxygen atoms in total. The summed E-state index contributed by atoms with van der Waals surface area (Å²) in [5.41, 5.74) is 2.68. The van der Waals surface area contributed by atoms with Gasteiger partial charge in [-0.2, -0.15) is 0 Å². The fourth-order valence-electron chi connectivity index (χ4n) is 3.23. The van der Waals surface area contributed by atoms with Crippen molar-refractivity contribution in [3.05, 3.63) is 66.0 Å². The minimum absolute atomic E-state index is 0.127. The van der Waals surface area contributed by atoms with Gasteiger partial charge in [0.2, 0.25) is 0 Å². The van der Waals surface area contributed by atoms with Crippen molar-refractivity contribution in [1.82, 2.24) is 9.97 Å². The SMILES string of the molecule is COC(=O)c1cccc2nc(-c3ccc(-c4ccc(F)cc4)o3)c(N(C)C(C)C)nc12. The summed E-state index contributed by atoms with van der Waals surface area (Å²) in [5.74, 6) is 0.928. The number of hydrogen-bond acceptors (Lipinski definition) is 6. The number of methoxy groups -OCH3 is 1. The Morgan fingerprint density at radius 3 is 2.42 bits per heavy atom. The molecule has 0 N–H and O–H groups in total. The molecule has 0 saturated carbocycles. The average Bonchev–Trinajstić information content (AvgIpc) is 3.27. The highest BCUT2D eigenvalue weighted by atomic mass is 19.1. The number of para-hydroxylation sites is 1. The van der Waals surface area contributed by atoms with Crippen LogP contribution in [0, 0.1) is 5.82 Å². The first-order chi connectivity index (χ1) is 14.9. The zero-order valence-corrected chi connectivity index (χ0v) is 17.7. The lowest BCUT2D eigenvalue weighted by Gasteiger charge is -2.24. The third kappa shape index (κ3) is 3.86. The third-order valence-corrected chi connectivity index (χ3v) is 5.16. The van der Waals surface area contributed by atoms with Crippen molar-refractivity contribution < 1.29 is 18.3 Å². The van der Waals surface area contributed by atoms with Crippen molar-refractivity contribution in [2.24, 2.45) is 0 Å². The van der Waals surface area contributed by atoms with Crippen LogP contribution in [0.3, 0.4) is 0 Å². The number of furan rings is 1. The number of nitrogens with zero attached hydrogens (tertiary/aromatic N) is 3. The first kappa shape index (κ1) is 20.5. The Morgan fingerprint density at radius 1 is 1.03 bits per heavy atom. The smallest absolute Gasteiger partial charge is 0.340 e. The Balaban J connectivity index is 1.90. The molecular formula is C24H22FN3O3. The van der Waals surface area contributed by atoms with E-state index in [9.17, 15) is 9.18 Å². The maximum atomic E-state index is 13.3. The van der Waals surface area contributed by atoms with Crippen molar-refractivity contribution in [1.29, 1.82) is 0 Å². The maximum absolute atomic E-state index is 13.3. The minimum atomic E-state index is -0.470. The zero-order chi connectivity index (χ0) is 22.1. The molecule has 0 amide bonds. The molecule has 0 spiro atoms. The van der Waals surface area contributed by atoms with Gasteiger partial charge in [-0.1, -0.05) is 6.07 Å². The van der Waals surface area contributed by atoms with Gasteiger partial charge in [0.25, 0.3) is 0 Å². The van der Waals surface area contributed by atoms with Gasteiger partial charge in [-0.25, -0.2) is 19.2 Å². The van der Waals surface area contributed by atoms with E-state index in [1.54, 1.807) is 30.3 Å². The standard InChI is InChI=1S/C24H22FN3O3/c1-14(2)28(3)23-22(20-13-12-19(31-20)15-8-10-16(25)11-9-15)26-18-7-5-6-17(21(18)27-23)24(29)30-4/h5-14H,1-4H3. The van der Waals surface area contributed by atoms with Crippen LogP contribution in [-0.4, -0.2) is 36.1 Å². The Hall–Kier alpha value is -3.74. The fourth-order valence-corrected chi connectivity index (χ4v) is 3.23. The Labute approximate surface area is 179 Å². The summed E-state index contributed by atoms with van der Waals surface area (Å²) in [6.45, 7) is 4.07. The van der Waals surface area contributed by atoms with Gasteiger partial charge in [0.1, 0.15) is 22.8 Å². The number of fused-ring (bicyclic) bond motifs is 1. The van der Waals surface area contributed by atoms with Crippen LogP contribution in [0.25, 0.3) is 33.8 Å². The summed E-state index contributed by atoms with van der Waals surface area (Å²) in [7, 11) is 3.25. The molecule has 0 aliphatic heterocycles. The van der Waals surface area contributed by atoms with Gasteiger partial charge in [-0.15, -0.1) is 0 Å². The second-order valence-electron chi connectivity index (χ2n) is 7.44. The summed E-state index contributed by atoms with van der Waals surface area (Å²) >= 11 is 0. The van der Waals surface area contributed by atoms with Gasteiger partial charge in [-0.05, 0) is 62.4 Å². The fraction of sp³-hybridized carbons (Fsp3) is 0.208. The van der Waals surface area contributed by atoms with Crippen LogP contribution in [0.4, 0.5) is 10.2 Å². The summed E-state index contributed by atoms with van der Waals surface area (Å²) < 4.78 is 24.2. The van der Waals surface area contributed by atoms with Gasteiger partial charge in [0.05, 0.1) is 18.2 Å². The Morgan fingerprint density at radius 2 is 1.74 bits per heavy atom. The van der Waals surface area contributed by atoms with E-state index in [2.05, 4.69) is 0 Å². The van der Waals surface area contributed by atoms with Gasteiger partial charge >= 0.3 is 5.97 Å². The first-order valence-corrected chi connectivity index (χ1v) is 9.87. The first-order valence-electron chi connectivity index (χ1n) is 9.87. The highest BCUT2D eigenvalue weighted by Gasteiger charge is 2.22. The molecule has 0 radical (unpaired) electrons.